The molecule has 1 unspecified atom stereocenters. The number of carbonyl (C=O) groups is 2. The highest BCUT2D eigenvalue weighted by molar-refractivity contribution is 5.88. The van der Waals surface area contributed by atoms with E-state index in [-0.39, 0.29) is 12.5 Å². The van der Waals surface area contributed by atoms with Crippen molar-refractivity contribution in [2.45, 2.75) is 25.8 Å². The Kier molecular flexibility index (Phi) is 4.71. The van der Waals surface area contributed by atoms with Crippen LogP contribution in [0.1, 0.15) is 20.3 Å². The van der Waals surface area contributed by atoms with E-state index in [0.29, 0.717) is 6.42 Å². The van der Waals surface area contributed by atoms with Crippen LogP contribution >= 0.6 is 0 Å². The van der Waals surface area contributed by atoms with Crippen LogP contribution in [0.3, 0.4) is 0 Å². The maximum absolute atomic E-state index is 11.7. The van der Waals surface area contributed by atoms with Crippen LogP contribution in [0.2, 0.25) is 0 Å². The number of hydrogen-bond acceptors (Lipinski definition) is 3. The molecule has 1 atom stereocenters. The molecule has 5 heteroatoms. The van der Waals surface area contributed by atoms with Crippen LogP contribution in [0.25, 0.3) is 0 Å². The first-order valence-corrected chi connectivity index (χ1v) is 5.81. The minimum absolute atomic E-state index is 0.0485. The van der Waals surface area contributed by atoms with Gasteiger partial charge >= 0.3 is 5.97 Å². The standard InChI is InChI=1S/C13H18N2O3/c1-3-13(2,12(17)18)15-11(16)9-14-10-7-5-4-6-8-10/h4-8,14H,3,9H2,1-2H3,(H,15,16)(H,17,18). The highest BCUT2D eigenvalue weighted by Crippen LogP contribution is 2.09. The van der Waals surface area contributed by atoms with Gasteiger partial charge in [-0.3, -0.25) is 4.79 Å². The van der Waals surface area contributed by atoms with Gasteiger partial charge in [-0.05, 0) is 25.5 Å². The number of anilines is 1. The maximum atomic E-state index is 11.7. The Morgan fingerprint density at radius 2 is 1.89 bits per heavy atom. The number of hydrogen-bond donors (Lipinski definition) is 3. The highest BCUT2D eigenvalue weighted by atomic mass is 16.4. The second-order valence-electron chi connectivity index (χ2n) is 4.26. The molecular weight excluding hydrogens is 232 g/mol. The zero-order chi connectivity index (χ0) is 13.6. The summed E-state index contributed by atoms with van der Waals surface area (Å²) in [6.45, 7) is 3.27. The van der Waals surface area contributed by atoms with Crippen molar-refractivity contribution in [1.29, 1.82) is 0 Å². The summed E-state index contributed by atoms with van der Waals surface area (Å²) < 4.78 is 0. The molecule has 0 aromatic heterocycles. The van der Waals surface area contributed by atoms with Gasteiger partial charge in [0.15, 0.2) is 0 Å². The van der Waals surface area contributed by atoms with Gasteiger partial charge in [0.2, 0.25) is 5.91 Å². The van der Waals surface area contributed by atoms with Gasteiger partial charge in [0.1, 0.15) is 5.54 Å². The van der Waals surface area contributed by atoms with Gasteiger partial charge in [0, 0.05) is 5.69 Å². The first-order valence-electron chi connectivity index (χ1n) is 5.81. The average Bonchev–Trinajstić information content (AvgIpc) is 2.37. The van der Waals surface area contributed by atoms with Gasteiger partial charge in [0.25, 0.3) is 0 Å². The molecule has 0 saturated carbocycles. The van der Waals surface area contributed by atoms with Crippen LogP contribution in [0.15, 0.2) is 30.3 Å². The van der Waals surface area contributed by atoms with Crippen molar-refractivity contribution < 1.29 is 14.7 Å². The molecule has 0 bridgehead atoms. The smallest absolute Gasteiger partial charge is 0.329 e. The van der Waals surface area contributed by atoms with Crippen molar-refractivity contribution >= 4 is 17.6 Å². The van der Waals surface area contributed by atoms with E-state index in [0.717, 1.165) is 5.69 Å². The summed E-state index contributed by atoms with van der Waals surface area (Å²) in [4.78, 5) is 22.7. The van der Waals surface area contributed by atoms with Crippen LogP contribution in [0.4, 0.5) is 5.69 Å². The fraction of sp³-hybridized carbons (Fsp3) is 0.385. The van der Waals surface area contributed by atoms with Crippen LogP contribution in [0, 0.1) is 0 Å². The summed E-state index contributed by atoms with van der Waals surface area (Å²) in [6.07, 6.45) is 0.333. The number of carboxylic acid groups (broad SMARTS) is 1. The minimum Gasteiger partial charge on any atom is -0.480 e. The van der Waals surface area contributed by atoms with E-state index in [4.69, 9.17) is 5.11 Å². The number of para-hydroxylation sites is 1. The number of carboxylic acids is 1. The van der Waals surface area contributed by atoms with Crippen LogP contribution < -0.4 is 10.6 Å². The van der Waals surface area contributed by atoms with Gasteiger partial charge in [-0.1, -0.05) is 25.1 Å². The summed E-state index contributed by atoms with van der Waals surface area (Å²) in [5, 5.41) is 14.5. The SMILES string of the molecule is CCC(C)(NC(=O)CNc1ccccc1)C(=O)O. The Balaban J connectivity index is 2.49. The molecule has 3 N–H and O–H groups in total. The largest absolute Gasteiger partial charge is 0.480 e. The van der Waals surface area contributed by atoms with Crippen molar-refractivity contribution in [2.75, 3.05) is 11.9 Å². The third kappa shape index (κ3) is 3.76. The lowest BCUT2D eigenvalue weighted by molar-refractivity contribution is -0.146. The predicted molar refractivity (Wildman–Crippen MR) is 69.4 cm³/mol. The quantitative estimate of drug-likeness (QED) is 0.714. The third-order valence-electron chi connectivity index (χ3n) is 2.82. The second kappa shape index (κ2) is 6.05. The van der Waals surface area contributed by atoms with E-state index >= 15 is 0 Å². The molecule has 0 aliphatic rings. The van der Waals surface area contributed by atoms with Crippen LogP contribution in [0.5, 0.6) is 0 Å². The lowest BCUT2D eigenvalue weighted by Gasteiger charge is -2.24. The fourth-order valence-corrected chi connectivity index (χ4v) is 1.38. The predicted octanol–water partition coefficient (Wildman–Crippen LogP) is 1.47. The summed E-state index contributed by atoms with van der Waals surface area (Å²) in [7, 11) is 0. The van der Waals surface area contributed by atoms with Gasteiger partial charge in [-0.15, -0.1) is 0 Å². The van der Waals surface area contributed by atoms with Crippen LogP contribution in [-0.4, -0.2) is 29.1 Å². The Hall–Kier alpha value is -2.04. The lowest BCUT2D eigenvalue weighted by atomic mass is 9.99. The topological polar surface area (TPSA) is 78.4 Å². The van der Waals surface area contributed by atoms with E-state index in [1.54, 1.807) is 6.92 Å². The zero-order valence-corrected chi connectivity index (χ0v) is 10.6. The molecule has 18 heavy (non-hydrogen) atoms. The molecule has 0 spiro atoms. The molecule has 1 amide bonds. The normalized spacial score (nSPS) is 13.4. The molecule has 0 aliphatic heterocycles. The number of carbonyl (C=O) groups excluding carboxylic acids is 1. The van der Waals surface area contributed by atoms with Crippen molar-refractivity contribution in [3.63, 3.8) is 0 Å². The van der Waals surface area contributed by atoms with Gasteiger partial charge in [-0.25, -0.2) is 4.79 Å². The average molecular weight is 250 g/mol. The Bertz CT molecular complexity index is 420. The second-order valence-corrected chi connectivity index (χ2v) is 4.26. The molecule has 0 aliphatic carbocycles. The lowest BCUT2D eigenvalue weighted by Crippen LogP contribution is -2.53. The van der Waals surface area contributed by atoms with E-state index in [9.17, 15) is 9.59 Å². The van der Waals surface area contributed by atoms with Crippen LogP contribution in [-0.2, 0) is 9.59 Å². The summed E-state index contributed by atoms with van der Waals surface area (Å²) >= 11 is 0. The number of nitrogens with one attached hydrogen (secondary N) is 2. The van der Waals surface area contributed by atoms with Gasteiger partial charge < -0.3 is 15.7 Å². The van der Waals surface area contributed by atoms with E-state index in [2.05, 4.69) is 10.6 Å². The highest BCUT2D eigenvalue weighted by Gasteiger charge is 2.32. The molecule has 1 aromatic rings. The third-order valence-corrected chi connectivity index (χ3v) is 2.82. The molecule has 0 heterocycles. The Morgan fingerprint density at radius 3 is 2.39 bits per heavy atom. The summed E-state index contributed by atoms with van der Waals surface area (Å²) in [5.74, 6) is -1.37. The summed E-state index contributed by atoms with van der Waals surface area (Å²) in [5.41, 5.74) is -0.392. The first-order chi connectivity index (χ1) is 8.48. The maximum Gasteiger partial charge on any atom is 0.329 e. The number of rotatable bonds is 6. The van der Waals surface area contributed by atoms with Gasteiger partial charge in [-0.2, -0.15) is 0 Å². The first kappa shape index (κ1) is 14.0. The molecule has 98 valence electrons. The van der Waals surface area contributed by atoms with Gasteiger partial charge in [0.05, 0.1) is 6.54 Å². The molecule has 1 rings (SSSR count). The Labute approximate surface area is 106 Å². The van der Waals surface area contributed by atoms with Crippen molar-refractivity contribution in [3.05, 3.63) is 30.3 Å². The van der Waals surface area contributed by atoms with Crippen molar-refractivity contribution in [3.8, 4) is 0 Å². The van der Waals surface area contributed by atoms with Crippen molar-refractivity contribution in [2.24, 2.45) is 0 Å². The Morgan fingerprint density at radius 1 is 1.28 bits per heavy atom. The molecule has 5 nitrogen and oxygen atoms in total. The molecule has 0 radical (unpaired) electrons. The molecular formula is C13H18N2O3. The van der Waals surface area contributed by atoms with E-state index in [1.165, 1.54) is 6.92 Å². The molecule has 0 saturated heterocycles. The zero-order valence-electron chi connectivity index (χ0n) is 10.6. The number of aliphatic carboxylic acids is 1. The molecule has 0 fully saturated rings. The monoisotopic (exact) mass is 250 g/mol. The molecule has 1 aromatic carbocycles. The van der Waals surface area contributed by atoms with Crippen molar-refractivity contribution in [1.82, 2.24) is 5.32 Å². The number of benzene rings is 1. The fourth-order valence-electron chi connectivity index (χ4n) is 1.38. The number of amides is 1. The van der Waals surface area contributed by atoms with E-state index < -0.39 is 11.5 Å². The minimum atomic E-state index is -1.21. The summed E-state index contributed by atoms with van der Waals surface area (Å²) in [6, 6.07) is 9.26. The van der Waals surface area contributed by atoms with E-state index in [1.807, 2.05) is 30.3 Å².